The second-order valence-corrected chi connectivity index (χ2v) is 5.29. The summed E-state index contributed by atoms with van der Waals surface area (Å²) in [5.74, 6) is 0.151. The first kappa shape index (κ1) is 12.5. The van der Waals surface area contributed by atoms with Crippen LogP contribution in [-0.2, 0) is 11.2 Å². The highest BCUT2D eigenvalue weighted by Gasteiger charge is 2.24. The molecule has 0 spiro atoms. The number of carbonyl (C=O) groups excluding carboxylic acids is 1. The minimum Gasteiger partial charge on any atom is -0.369 e. The van der Waals surface area contributed by atoms with Gasteiger partial charge in [0.05, 0.1) is 0 Å². The van der Waals surface area contributed by atoms with Crippen molar-refractivity contribution in [3.8, 4) is 0 Å². The van der Waals surface area contributed by atoms with E-state index in [0.717, 1.165) is 51.3 Å². The average Bonchev–Trinajstić information content (AvgIpc) is 2.46. The number of amides is 1. The van der Waals surface area contributed by atoms with Crippen LogP contribution in [0.3, 0.4) is 0 Å². The summed E-state index contributed by atoms with van der Waals surface area (Å²) in [6, 6.07) is 6.37. The summed E-state index contributed by atoms with van der Waals surface area (Å²) in [5.41, 5.74) is 3.80. The lowest BCUT2D eigenvalue weighted by Crippen LogP contribution is -2.44. The molecule has 0 aromatic heterocycles. The molecule has 1 fully saturated rings. The molecule has 1 amide bonds. The van der Waals surface area contributed by atoms with Crippen molar-refractivity contribution in [3.63, 3.8) is 0 Å². The van der Waals surface area contributed by atoms with Crippen LogP contribution < -0.4 is 15.1 Å². The highest BCUT2D eigenvalue weighted by molar-refractivity contribution is 5.94. The van der Waals surface area contributed by atoms with Gasteiger partial charge in [0.25, 0.3) is 0 Å². The molecular formula is C15H21N3O. The van der Waals surface area contributed by atoms with Crippen molar-refractivity contribution in [1.29, 1.82) is 0 Å². The fraction of sp³-hybridized carbons (Fsp3) is 0.533. The van der Waals surface area contributed by atoms with Gasteiger partial charge in [-0.2, -0.15) is 0 Å². The Bertz CT molecular complexity index is 480. The van der Waals surface area contributed by atoms with Crippen molar-refractivity contribution in [3.05, 3.63) is 23.8 Å². The molecule has 1 saturated heterocycles. The van der Waals surface area contributed by atoms with Crippen LogP contribution in [0.5, 0.6) is 0 Å². The van der Waals surface area contributed by atoms with Crippen LogP contribution in [0.2, 0.25) is 0 Å². The summed E-state index contributed by atoms with van der Waals surface area (Å²) in [5, 5.41) is 3.39. The number of fused-ring (bicyclic) bond motifs is 1. The molecule has 0 bridgehead atoms. The van der Waals surface area contributed by atoms with Crippen LogP contribution in [0.1, 0.15) is 18.9 Å². The van der Waals surface area contributed by atoms with E-state index in [0.29, 0.717) is 0 Å². The lowest BCUT2D eigenvalue weighted by Gasteiger charge is -2.35. The van der Waals surface area contributed by atoms with Gasteiger partial charge < -0.3 is 15.1 Å². The fourth-order valence-electron chi connectivity index (χ4n) is 3.14. The lowest BCUT2D eigenvalue weighted by atomic mass is 9.98. The number of piperazine rings is 1. The summed E-state index contributed by atoms with van der Waals surface area (Å²) in [6.07, 6.45) is 2.15. The van der Waals surface area contributed by atoms with Crippen LogP contribution in [0.25, 0.3) is 0 Å². The molecule has 4 nitrogen and oxygen atoms in total. The van der Waals surface area contributed by atoms with Crippen molar-refractivity contribution in [2.75, 3.05) is 42.5 Å². The summed E-state index contributed by atoms with van der Waals surface area (Å²) in [6.45, 7) is 6.70. The molecular weight excluding hydrogens is 238 g/mol. The van der Waals surface area contributed by atoms with E-state index in [1.54, 1.807) is 6.92 Å². The van der Waals surface area contributed by atoms with Gasteiger partial charge in [0.1, 0.15) is 0 Å². The van der Waals surface area contributed by atoms with E-state index >= 15 is 0 Å². The Morgan fingerprint density at radius 2 is 1.89 bits per heavy atom. The Kier molecular flexibility index (Phi) is 3.42. The first-order valence-corrected chi connectivity index (χ1v) is 7.13. The number of benzene rings is 1. The van der Waals surface area contributed by atoms with E-state index in [1.807, 2.05) is 4.90 Å². The van der Waals surface area contributed by atoms with Crippen LogP contribution >= 0.6 is 0 Å². The third-order valence-electron chi connectivity index (χ3n) is 4.06. The maximum Gasteiger partial charge on any atom is 0.223 e. The van der Waals surface area contributed by atoms with Gasteiger partial charge in [-0.25, -0.2) is 0 Å². The monoisotopic (exact) mass is 259 g/mol. The van der Waals surface area contributed by atoms with Gasteiger partial charge in [0.2, 0.25) is 5.91 Å². The van der Waals surface area contributed by atoms with Gasteiger partial charge in [-0.3, -0.25) is 4.79 Å². The van der Waals surface area contributed by atoms with Crippen molar-refractivity contribution in [2.45, 2.75) is 19.8 Å². The second kappa shape index (κ2) is 5.21. The summed E-state index contributed by atoms with van der Waals surface area (Å²) >= 11 is 0. The summed E-state index contributed by atoms with van der Waals surface area (Å²) in [4.78, 5) is 16.1. The second-order valence-electron chi connectivity index (χ2n) is 5.29. The molecule has 2 aliphatic heterocycles. The SMILES string of the molecule is CC(=O)N1CCCc2c(N3CCNCC3)cccc21. The topological polar surface area (TPSA) is 35.6 Å². The third kappa shape index (κ3) is 2.32. The standard InChI is InChI=1S/C15H21N3O/c1-12(19)18-9-3-4-13-14(5-2-6-15(13)18)17-10-7-16-8-11-17/h2,5-6,16H,3-4,7-11H2,1H3. The third-order valence-corrected chi connectivity index (χ3v) is 4.06. The minimum atomic E-state index is 0.151. The van der Waals surface area contributed by atoms with E-state index in [4.69, 9.17) is 0 Å². The Morgan fingerprint density at radius 3 is 2.63 bits per heavy atom. The Balaban J connectivity index is 1.98. The van der Waals surface area contributed by atoms with E-state index in [2.05, 4.69) is 28.4 Å². The summed E-state index contributed by atoms with van der Waals surface area (Å²) in [7, 11) is 0. The van der Waals surface area contributed by atoms with Gasteiger partial charge in [-0.15, -0.1) is 0 Å². The molecule has 2 heterocycles. The zero-order chi connectivity index (χ0) is 13.2. The maximum atomic E-state index is 11.8. The molecule has 0 unspecified atom stereocenters. The summed E-state index contributed by atoms with van der Waals surface area (Å²) < 4.78 is 0. The van der Waals surface area contributed by atoms with Crippen LogP contribution in [0, 0.1) is 0 Å². The van der Waals surface area contributed by atoms with E-state index in [-0.39, 0.29) is 5.91 Å². The van der Waals surface area contributed by atoms with Crippen molar-refractivity contribution in [1.82, 2.24) is 5.32 Å². The number of hydrogen-bond donors (Lipinski definition) is 1. The minimum absolute atomic E-state index is 0.151. The molecule has 0 aliphatic carbocycles. The normalized spacial score (nSPS) is 19.2. The predicted molar refractivity (Wildman–Crippen MR) is 77.9 cm³/mol. The number of nitrogens with zero attached hydrogens (tertiary/aromatic N) is 2. The lowest BCUT2D eigenvalue weighted by molar-refractivity contribution is -0.116. The molecule has 1 aromatic rings. The molecule has 102 valence electrons. The molecule has 3 rings (SSSR count). The zero-order valence-corrected chi connectivity index (χ0v) is 11.5. The first-order chi connectivity index (χ1) is 9.27. The van der Waals surface area contributed by atoms with Crippen LogP contribution in [0.15, 0.2) is 18.2 Å². The number of hydrogen-bond acceptors (Lipinski definition) is 3. The molecule has 4 heteroatoms. The maximum absolute atomic E-state index is 11.8. The number of nitrogens with one attached hydrogen (secondary N) is 1. The van der Waals surface area contributed by atoms with E-state index < -0.39 is 0 Å². The molecule has 19 heavy (non-hydrogen) atoms. The first-order valence-electron chi connectivity index (χ1n) is 7.13. The molecule has 0 radical (unpaired) electrons. The molecule has 1 aromatic carbocycles. The largest absolute Gasteiger partial charge is 0.369 e. The van der Waals surface area contributed by atoms with Gasteiger partial charge in [-0.1, -0.05) is 6.07 Å². The number of rotatable bonds is 1. The van der Waals surface area contributed by atoms with E-state index in [9.17, 15) is 4.79 Å². The highest BCUT2D eigenvalue weighted by atomic mass is 16.2. The zero-order valence-electron chi connectivity index (χ0n) is 11.5. The Morgan fingerprint density at radius 1 is 1.16 bits per heavy atom. The highest BCUT2D eigenvalue weighted by Crippen LogP contribution is 2.34. The number of carbonyl (C=O) groups is 1. The van der Waals surface area contributed by atoms with Gasteiger partial charge in [0.15, 0.2) is 0 Å². The quantitative estimate of drug-likeness (QED) is 0.828. The van der Waals surface area contributed by atoms with Crippen LogP contribution in [0.4, 0.5) is 11.4 Å². The van der Waals surface area contributed by atoms with E-state index in [1.165, 1.54) is 11.3 Å². The van der Waals surface area contributed by atoms with Gasteiger partial charge >= 0.3 is 0 Å². The van der Waals surface area contributed by atoms with Gasteiger partial charge in [0, 0.05) is 51.0 Å². The van der Waals surface area contributed by atoms with Crippen molar-refractivity contribution in [2.24, 2.45) is 0 Å². The predicted octanol–water partition coefficient (Wildman–Crippen LogP) is 1.40. The number of anilines is 2. The molecule has 0 saturated carbocycles. The Labute approximate surface area is 114 Å². The molecule has 2 aliphatic rings. The average molecular weight is 259 g/mol. The molecule has 1 N–H and O–H groups in total. The van der Waals surface area contributed by atoms with Crippen molar-refractivity contribution < 1.29 is 4.79 Å². The Hall–Kier alpha value is -1.55. The fourth-order valence-corrected chi connectivity index (χ4v) is 3.14. The molecule has 0 atom stereocenters. The van der Waals surface area contributed by atoms with Gasteiger partial charge in [-0.05, 0) is 30.5 Å². The van der Waals surface area contributed by atoms with Crippen molar-refractivity contribution >= 4 is 17.3 Å². The van der Waals surface area contributed by atoms with Crippen LogP contribution in [-0.4, -0.2) is 38.6 Å². The smallest absolute Gasteiger partial charge is 0.223 e.